The van der Waals surface area contributed by atoms with E-state index >= 15 is 0 Å². The van der Waals surface area contributed by atoms with Crippen LogP contribution in [0.15, 0.2) is 0 Å². The summed E-state index contributed by atoms with van der Waals surface area (Å²) in [5, 5.41) is 0. The van der Waals surface area contributed by atoms with Gasteiger partial charge in [-0.3, -0.25) is 0 Å². The lowest BCUT2D eigenvalue weighted by molar-refractivity contribution is 0.583. The van der Waals surface area contributed by atoms with Gasteiger partial charge in [-0.2, -0.15) is 0 Å². The predicted molar refractivity (Wildman–Crippen MR) is 111 cm³/mol. The van der Waals surface area contributed by atoms with E-state index in [9.17, 15) is 9.13 Å². The molecule has 128 valence electrons. The number of halogens is 2. The van der Waals surface area contributed by atoms with Gasteiger partial charge in [-0.1, -0.05) is 39.3 Å². The first-order chi connectivity index (χ1) is 8.73. The second kappa shape index (κ2) is 6.54. The van der Waals surface area contributed by atoms with Gasteiger partial charge >= 0.3 is 0 Å². The van der Waals surface area contributed by atoms with E-state index in [0.717, 1.165) is 0 Å². The second-order valence-corrected chi connectivity index (χ2v) is 36.4. The fraction of sp³-hybridized carbons (Fsp3) is 1.00. The quantitative estimate of drug-likeness (QED) is 0.310. The topological polar surface area (TPSA) is 34.1 Å². The largest absolute Gasteiger partial charge is 0.324 e. The van der Waals surface area contributed by atoms with Crippen LogP contribution in [0.1, 0.15) is 0 Å². The summed E-state index contributed by atoms with van der Waals surface area (Å²) >= 11 is 14.1. The average molecular weight is 425 g/mol. The lowest BCUT2D eigenvalue weighted by atomic mass is 11.7. The molecule has 0 rings (SSSR count). The van der Waals surface area contributed by atoms with E-state index in [4.69, 9.17) is 22.2 Å². The molecule has 0 bridgehead atoms. The number of hydrogen-bond acceptors (Lipinski definition) is 2. The Bertz CT molecular complexity index is 430. The molecular weight excluding hydrogens is 393 g/mol. The molecule has 0 saturated heterocycles. The van der Waals surface area contributed by atoms with Crippen LogP contribution in [-0.4, -0.2) is 59.3 Å². The molecule has 2 unspecified atom stereocenters. The van der Waals surface area contributed by atoms with Gasteiger partial charge < -0.3 is 9.13 Å². The zero-order valence-corrected chi connectivity index (χ0v) is 21.4. The first kappa shape index (κ1) is 22.7. The van der Waals surface area contributed by atoms with Crippen molar-refractivity contribution in [2.45, 2.75) is 49.1 Å². The minimum atomic E-state index is -2.96. The smallest absolute Gasteiger partial charge is 0.266 e. The zero-order chi connectivity index (χ0) is 17.7. The van der Waals surface area contributed by atoms with Crippen LogP contribution in [0.25, 0.3) is 0 Å². The lowest BCUT2D eigenvalue weighted by Gasteiger charge is -2.47. The third-order valence-electron chi connectivity index (χ3n) is 3.61. The van der Waals surface area contributed by atoms with Gasteiger partial charge in [0.05, 0.1) is 30.4 Å². The Morgan fingerprint density at radius 3 is 0.952 bits per heavy atom. The fourth-order valence-electron chi connectivity index (χ4n) is 4.00. The van der Waals surface area contributed by atoms with E-state index in [-0.39, 0.29) is 9.81 Å². The molecule has 0 aliphatic heterocycles. The van der Waals surface area contributed by atoms with Crippen LogP contribution in [0.3, 0.4) is 0 Å². The van der Waals surface area contributed by atoms with Crippen LogP contribution in [0, 0.1) is 0 Å². The molecule has 2 nitrogen and oxygen atoms in total. The zero-order valence-electron chi connectivity index (χ0n) is 15.1. The van der Waals surface area contributed by atoms with Crippen molar-refractivity contribution in [1.29, 1.82) is 0 Å². The summed E-state index contributed by atoms with van der Waals surface area (Å²) in [6, 6.07) is 0. The Morgan fingerprint density at radius 2 is 0.857 bits per heavy atom. The molecule has 0 N–H and O–H groups in total. The van der Waals surface area contributed by atoms with Gasteiger partial charge in [-0.05, 0) is 26.7 Å². The first-order valence-electron chi connectivity index (χ1n) is 7.20. The Labute approximate surface area is 143 Å². The molecule has 0 aliphatic carbocycles. The average Bonchev–Trinajstić information content (AvgIpc) is 1.84. The maximum absolute atomic E-state index is 13.0. The molecule has 0 heterocycles. The normalized spacial score (nSPS) is 18.5. The summed E-state index contributed by atoms with van der Waals surface area (Å²) in [5.74, 6) is 0. The Kier molecular flexibility index (Phi) is 7.06. The Hall–Kier alpha value is 1.69. The van der Waals surface area contributed by atoms with E-state index in [1.165, 1.54) is 0 Å². The second-order valence-electron chi connectivity index (χ2n) is 9.08. The van der Waals surface area contributed by atoms with Crippen LogP contribution < -0.4 is 0 Å². The highest BCUT2D eigenvalue weighted by molar-refractivity contribution is 7.81. The molecule has 0 fully saturated rings. The van der Waals surface area contributed by atoms with Crippen LogP contribution in [0.2, 0.25) is 39.3 Å². The summed E-state index contributed by atoms with van der Waals surface area (Å²) in [6.07, 6.45) is 0. The monoisotopic (exact) mass is 424 g/mol. The van der Waals surface area contributed by atoms with Gasteiger partial charge in [0.2, 0.25) is 0 Å². The molecule has 21 heavy (non-hydrogen) atoms. The maximum Gasteiger partial charge on any atom is 0.266 e. The van der Waals surface area contributed by atoms with Crippen LogP contribution >= 0.6 is 36.4 Å². The summed E-state index contributed by atoms with van der Waals surface area (Å²) < 4.78 is 26.0. The van der Waals surface area contributed by atoms with Gasteiger partial charge in [0.25, 0.3) is 6.69 Å². The molecule has 0 aromatic carbocycles. The summed E-state index contributed by atoms with van der Waals surface area (Å²) in [5.41, 5.74) is 0. The van der Waals surface area contributed by atoms with Crippen molar-refractivity contribution in [3.05, 3.63) is 0 Å². The van der Waals surface area contributed by atoms with Crippen molar-refractivity contribution in [2.24, 2.45) is 0 Å². The SMILES string of the molecule is C[Si](C)(C)C([Si](Cl)(Cl)C([Si](C)(C)C)P(C)(C)=O)P(C)(C)=O. The first-order valence-corrected chi connectivity index (χ1v) is 23.9. The molecule has 9 heteroatoms. The third kappa shape index (κ3) is 5.92. The van der Waals surface area contributed by atoms with Crippen LogP contribution in [-0.2, 0) is 9.13 Å². The summed E-state index contributed by atoms with van der Waals surface area (Å²) in [7, 11) is -8.59. The van der Waals surface area contributed by atoms with Crippen molar-refractivity contribution in [3.8, 4) is 0 Å². The highest BCUT2D eigenvalue weighted by atomic mass is 35.7. The minimum Gasteiger partial charge on any atom is -0.324 e. The lowest BCUT2D eigenvalue weighted by Crippen LogP contribution is -2.64. The van der Waals surface area contributed by atoms with Gasteiger partial charge in [0.1, 0.15) is 0 Å². The van der Waals surface area contributed by atoms with E-state index in [0.29, 0.717) is 0 Å². The molecule has 0 aromatic heterocycles. The highest BCUT2D eigenvalue weighted by Gasteiger charge is 2.61. The predicted octanol–water partition coefficient (Wildman–Crippen LogP) is 5.72. The molecule has 0 radical (unpaired) electrons. The van der Waals surface area contributed by atoms with Crippen molar-refractivity contribution >= 4 is 59.3 Å². The van der Waals surface area contributed by atoms with Gasteiger partial charge in [-0.25, -0.2) is 0 Å². The number of hydrogen-bond donors (Lipinski definition) is 0. The molecule has 0 aliphatic rings. The third-order valence-corrected chi connectivity index (χ3v) is 40.0. The minimum absolute atomic E-state index is 0.120. The molecule has 0 aromatic rings. The van der Waals surface area contributed by atoms with Crippen molar-refractivity contribution in [1.82, 2.24) is 0 Å². The maximum atomic E-state index is 13.0. The molecule has 0 spiro atoms. The van der Waals surface area contributed by atoms with Gasteiger partial charge in [0.15, 0.2) is 0 Å². The fourth-order valence-corrected chi connectivity index (χ4v) is 58.9. The summed E-state index contributed by atoms with van der Waals surface area (Å²) in [4.78, 5) is -0.239. The van der Waals surface area contributed by atoms with Gasteiger partial charge in [-0.15, -0.1) is 22.2 Å². The summed E-state index contributed by atoms with van der Waals surface area (Å²) in [6.45, 7) is 17.4. The van der Waals surface area contributed by atoms with Crippen molar-refractivity contribution in [3.63, 3.8) is 0 Å². The van der Waals surface area contributed by atoms with E-state index in [2.05, 4.69) is 39.3 Å². The van der Waals surface area contributed by atoms with Crippen molar-refractivity contribution in [2.75, 3.05) is 26.7 Å². The standard InChI is InChI=1S/C12H32Cl2O2P2Si3/c1-17(2,15)11(19(5,6)7)21(13,14)12(18(3,4)16)20(8,9)10/h11-12H,1-10H3. The Morgan fingerprint density at radius 1 is 0.667 bits per heavy atom. The number of rotatable bonds is 6. The molecule has 0 saturated carbocycles. The Balaban J connectivity index is 6.34. The molecule has 0 amide bonds. The van der Waals surface area contributed by atoms with E-state index in [1.54, 1.807) is 26.7 Å². The molecule has 2 atom stereocenters. The van der Waals surface area contributed by atoms with Crippen LogP contribution in [0.4, 0.5) is 0 Å². The highest BCUT2D eigenvalue weighted by Crippen LogP contribution is 2.61. The molecular formula is C12H32Cl2O2P2Si3. The van der Waals surface area contributed by atoms with E-state index < -0.39 is 37.1 Å². The van der Waals surface area contributed by atoms with E-state index in [1.807, 2.05) is 0 Å². The van der Waals surface area contributed by atoms with Crippen molar-refractivity contribution < 1.29 is 9.13 Å². The van der Waals surface area contributed by atoms with Crippen LogP contribution in [0.5, 0.6) is 0 Å². The van der Waals surface area contributed by atoms with Gasteiger partial charge in [0, 0.05) is 9.81 Å².